The van der Waals surface area contributed by atoms with Crippen LogP contribution in [0.5, 0.6) is 0 Å². The van der Waals surface area contributed by atoms with Gasteiger partial charge in [-0.15, -0.1) is 0 Å². The van der Waals surface area contributed by atoms with E-state index < -0.39 is 0 Å². The van der Waals surface area contributed by atoms with Gasteiger partial charge in [0.2, 0.25) is 0 Å². The highest BCUT2D eigenvalue weighted by Gasteiger charge is 2.53. The quantitative estimate of drug-likeness (QED) is 0.180. The Morgan fingerprint density at radius 1 is 0.471 bits per heavy atom. The van der Waals surface area contributed by atoms with Gasteiger partial charge in [-0.1, -0.05) is 132 Å². The molecule has 5 aromatic carbocycles. The van der Waals surface area contributed by atoms with Gasteiger partial charge in [-0.05, 0) is 81.8 Å². The summed E-state index contributed by atoms with van der Waals surface area (Å²) in [4.78, 5) is 4.95. The van der Waals surface area contributed by atoms with Crippen molar-refractivity contribution in [1.82, 2.24) is 0 Å². The lowest BCUT2D eigenvalue weighted by molar-refractivity contribution is 0.000103. The molecule has 0 spiro atoms. The minimum Gasteiger partial charge on any atom is -0.368 e. The largest absolute Gasteiger partial charge is 0.368 e. The fourth-order valence-electron chi connectivity index (χ4n) is 8.67. The maximum atomic E-state index is 7.30. The monoisotopic (exact) mass is 664 g/mol. The molecular formula is C48H44N2O. The van der Waals surface area contributed by atoms with Crippen LogP contribution in [0.2, 0.25) is 0 Å². The Hall–Kier alpha value is -5.38. The van der Waals surface area contributed by atoms with E-state index in [2.05, 4.69) is 195 Å². The summed E-state index contributed by atoms with van der Waals surface area (Å²) < 4.78 is 7.30. The summed E-state index contributed by atoms with van der Waals surface area (Å²) >= 11 is 0. The average Bonchev–Trinajstić information content (AvgIpc) is 3.54. The minimum absolute atomic E-state index is 0.0272. The fraction of sp³-hybridized carbons (Fsp3) is 0.208. The Kier molecular flexibility index (Phi) is 7.89. The lowest BCUT2D eigenvalue weighted by Crippen LogP contribution is -2.40. The zero-order chi connectivity index (χ0) is 34.6. The van der Waals surface area contributed by atoms with Gasteiger partial charge in [0.15, 0.2) is 0 Å². The molecule has 9 rings (SSSR count). The molecule has 3 heteroatoms. The Labute approximate surface area is 302 Å². The Balaban J connectivity index is 1.23. The zero-order valence-electron chi connectivity index (χ0n) is 29.8. The molecule has 5 aromatic rings. The van der Waals surface area contributed by atoms with Crippen LogP contribution in [0.4, 0.5) is 22.7 Å². The van der Waals surface area contributed by atoms with Crippen molar-refractivity contribution in [3.63, 3.8) is 0 Å². The molecule has 1 heterocycles. The number of aryl methyl sites for hydroxylation is 4. The number of fused-ring (bicyclic) bond motifs is 7. The summed E-state index contributed by atoms with van der Waals surface area (Å²) in [5, 5.41) is 0. The van der Waals surface area contributed by atoms with E-state index in [0.29, 0.717) is 0 Å². The van der Waals surface area contributed by atoms with E-state index in [0.717, 1.165) is 11.4 Å². The number of benzene rings is 5. The topological polar surface area (TPSA) is 15.7 Å². The molecule has 0 saturated carbocycles. The lowest BCUT2D eigenvalue weighted by atomic mass is 9.68. The van der Waals surface area contributed by atoms with Gasteiger partial charge in [0, 0.05) is 57.7 Å². The van der Waals surface area contributed by atoms with Crippen LogP contribution in [-0.4, -0.2) is 6.10 Å². The molecule has 3 aliphatic carbocycles. The number of ether oxygens (including phenoxy) is 1. The number of hydrogen-bond acceptors (Lipinski definition) is 3. The Bertz CT molecular complexity index is 2100. The number of anilines is 4. The van der Waals surface area contributed by atoms with E-state index >= 15 is 0 Å². The van der Waals surface area contributed by atoms with Gasteiger partial charge < -0.3 is 14.5 Å². The molecule has 0 bridgehead atoms. The van der Waals surface area contributed by atoms with Crippen molar-refractivity contribution in [2.24, 2.45) is 23.7 Å². The second kappa shape index (κ2) is 12.7. The lowest BCUT2D eigenvalue weighted by Gasteiger charge is -2.43. The van der Waals surface area contributed by atoms with Crippen molar-refractivity contribution in [3.05, 3.63) is 197 Å². The summed E-state index contributed by atoms with van der Waals surface area (Å²) in [5.74, 6) is 0.751. The van der Waals surface area contributed by atoms with Crippen molar-refractivity contribution >= 4 is 28.4 Å². The number of hydrogen-bond donors (Lipinski definition) is 0. The summed E-state index contributed by atoms with van der Waals surface area (Å²) in [7, 11) is 0. The first-order valence-electron chi connectivity index (χ1n) is 18.3. The van der Waals surface area contributed by atoms with Crippen LogP contribution >= 0.6 is 0 Å². The normalized spacial score (nSPS) is 24.1. The number of nitrogens with zero attached hydrogens (tertiary/aromatic N) is 2. The van der Waals surface area contributed by atoms with Gasteiger partial charge in [0.1, 0.15) is 0 Å². The first-order chi connectivity index (χ1) is 24.9. The summed E-state index contributed by atoms with van der Waals surface area (Å²) in [6.45, 7) is 8.63. The van der Waals surface area contributed by atoms with Gasteiger partial charge in [-0.2, -0.15) is 0 Å². The molecule has 3 nitrogen and oxygen atoms in total. The summed E-state index contributed by atoms with van der Waals surface area (Å²) in [5.41, 5.74) is 14.8. The second-order valence-electron chi connectivity index (χ2n) is 14.8. The third-order valence-electron chi connectivity index (χ3n) is 11.3. The number of allylic oxidation sites excluding steroid dienone is 3. The first-order valence-corrected chi connectivity index (χ1v) is 18.3. The van der Waals surface area contributed by atoms with Crippen LogP contribution in [0.25, 0.3) is 5.70 Å². The smallest absolute Gasteiger partial charge is 0.0905 e. The van der Waals surface area contributed by atoms with Gasteiger partial charge >= 0.3 is 0 Å². The van der Waals surface area contributed by atoms with Crippen LogP contribution in [0.1, 0.15) is 39.5 Å². The van der Waals surface area contributed by atoms with E-state index in [1.165, 1.54) is 56.1 Å². The molecule has 6 unspecified atom stereocenters. The standard InChI is InChI=1S/C48H44N2O/c1-31-13-21-35(22-14-31)49(36-23-15-32(2)16-24-36)45-29-43-44-30-46(50(37-25-17-33(3)18-26-37)38-27-19-34(4)20-28-38)40-10-6-8-12-42(40)48(44)51-47(43)41-11-7-5-9-39(41)45/h5-30,39,41,43-44,47-48H,1-4H3. The molecule has 1 saturated heterocycles. The molecule has 1 fully saturated rings. The van der Waals surface area contributed by atoms with Crippen molar-refractivity contribution < 1.29 is 4.74 Å². The molecular weight excluding hydrogens is 621 g/mol. The second-order valence-corrected chi connectivity index (χ2v) is 14.8. The molecule has 4 aliphatic rings. The molecule has 1 aliphatic heterocycles. The maximum absolute atomic E-state index is 7.30. The average molecular weight is 665 g/mol. The fourth-order valence-corrected chi connectivity index (χ4v) is 8.67. The van der Waals surface area contributed by atoms with E-state index in [4.69, 9.17) is 4.74 Å². The highest BCUT2D eigenvalue weighted by Crippen LogP contribution is 2.57. The van der Waals surface area contributed by atoms with Crippen LogP contribution < -0.4 is 9.80 Å². The Morgan fingerprint density at radius 3 is 1.51 bits per heavy atom. The van der Waals surface area contributed by atoms with Gasteiger partial charge in [-0.25, -0.2) is 0 Å². The maximum Gasteiger partial charge on any atom is 0.0905 e. The molecule has 0 aromatic heterocycles. The van der Waals surface area contributed by atoms with Crippen LogP contribution in [0, 0.1) is 51.4 Å². The minimum atomic E-state index is -0.0272. The van der Waals surface area contributed by atoms with E-state index in [9.17, 15) is 0 Å². The highest BCUT2D eigenvalue weighted by atomic mass is 16.5. The van der Waals surface area contributed by atoms with Crippen LogP contribution in [0.3, 0.4) is 0 Å². The third-order valence-corrected chi connectivity index (χ3v) is 11.3. The van der Waals surface area contributed by atoms with Crippen molar-refractivity contribution in [2.75, 3.05) is 9.80 Å². The van der Waals surface area contributed by atoms with Crippen molar-refractivity contribution in [2.45, 2.75) is 39.9 Å². The highest BCUT2D eigenvalue weighted by molar-refractivity contribution is 5.90. The van der Waals surface area contributed by atoms with Crippen LogP contribution in [0.15, 0.2) is 163 Å². The molecule has 0 amide bonds. The van der Waals surface area contributed by atoms with Crippen molar-refractivity contribution in [3.8, 4) is 0 Å². The molecule has 0 radical (unpaired) electrons. The summed E-state index contributed by atoms with van der Waals surface area (Å²) in [6, 6.07) is 44.8. The van der Waals surface area contributed by atoms with Crippen LogP contribution in [-0.2, 0) is 4.74 Å². The first kappa shape index (κ1) is 31.6. The van der Waals surface area contributed by atoms with E-state index in [-0.39, 0.29) is 35.9 Å². The number of rotatable bonds is 6. The summed E-state index contributed by atoms with van der Waals surface area (Å²) in [6.07, 6.45) is 14.4. The van der Waals surface area contributed by atoms with Gasteiger partial charge in [0.05, 0.1) is 17.9 Å². The predicted molar refractivity (Wildman–Crippen MR) is 211 cm³/mol. The molecule has 0 N–H and O–H groups in total. The predicted octanol–water partition coefficient (Wildman–Crippen LogP) is 11.9. The molecule has 6 atom stereocenters. The third kappa shape index (κ3) is 5.57. The molecule has 51 heavy (non-hydrogen) atoms. The SMILES string of the molecule is Cc1ccc(N(C2=CC3C(OC4C5C=CC=CC5C(N(c5ccc(C)cc5)c5ccc(C)cc5)=CC34)c3ccccc32)c2ccc(C)cc2)cc1. The molecule has 252 valence electrons. The van der Waals surface area contributed by atoms with E-state index in [1.54, 1.807) is 0 Å². The van der Waals surface area contributed by atoms with Gasteiger partial charge in [0.25, 0.3) is 0 Å². The van der Waals surface area contributed by atoms with E-state index in [1.807, 2.05) is 0 Å². The van der Waals surface area contributed by atoms with Gasteiger partial charge in [-0.3, -0.25) is 0 Å². The zero-order valence-corrected chi connectivity index (χ0v) is 29.8. The Morgan fingerprint density at radius 2 is 0.961 bits per heavy atom. The van der Waals surface area contributed by atoms with Crippen molar-refractivity contribution in [1.29, 1.82) is 0 Å².